The third kappa shape index (κ3) is 3.05. The fourth-order valence-corrected chi connectivity index (χ4v) is 7.50. The lowest BCUT2D eigenvalue weighted by Gasteiger charge is -2.59. The second-order valence-electron chi connectivity index (χ2n) is 10.5. The van der Waals surface area contributed by atoms with Gasteiger partial charge in [-0.25, -0.2) is 0 Å². The number of amides is 1. The molecular formula is C23H36N2O3. The van der Waals surface area contributed by atoms with Crippen molar-refractivity contribution in [1.29, 1.82) is 0 Å². The van der Waals surface area contributed by atoms with E-state index in [-0.39, 0.29) is 28.7 Å². The second-order valence-corrected chi connectivity index (χ2v) is 10.5. The third-order valence-electron chi connectivity index (χ3n) is 9.14. The van der Waals surface area contributed by atoms with Crippen molar-refractivity contribution in [3.63, 3.8) is 0 Å². The fraction of sp³-hybridized carbons (Fsp3) is 0.870. The molecule has 1 amide bonds. The summed E-state index contributed by atoms with van der Waals surface area (Å²) in [6.07, 6.45) is 8.33. The predicted molar refractivity (Wildman–Crippen MR) is 107 cm³/mol. The van der Waals surface area contributed by atoms with Crippen LogP contribution in [0.4, 0.5) is 0 Å². The first-order valence-corrected chi connectivity index (χ1v) is 11.3. The maximum atomic E-state index is 13.3. The number of carbonyl (C=O) groups excluding carboxylic acids is 3. The van der Waals surface area contributed by atoms with Gasteiger partial charge in [-0.3, -0.25) is 14.4 Å². The van der Waals surface area contributed by atoms with Gasteiger partial charge in [-0.2, -0.15) is 0 Å². The number of carbonyl (C=O) groups is 3. The van der Waals surface area contributed by atoms with Crippen molar-refractivity contribution in [2.24, 2.45) is 40.2 Å². The lowest BCUT2D eigenvalue weighted by Crippen LogP contribution is -2.58. The minimum absolute atomic E-state index is 0.0332. The fourth-order valence-electron chi connectivity index (χ4n) is 7.50. The SMILES string of the molecule is C[C@]12CCC(NC(=O)CCCN)C[C@@H]1C(=O)C[C@@H]1[C@@H]2CC[C@]2(C)C(=O)CC[C@@H]12. The molecule has 4 fully saturated rings. The number of hydrogen-bond acceptors (Lipinski definition) is 4. The quantitative estimate of drug-likeness (QED) is 0.775. The molecule has 3 N–H and O–H groups in total. The van der Waals surface area contributed by atoms with Crippen LogP contribution in [0.15, 0.2) is 0 Å². The summed E-state index contributed by atoms with van der Waals surface area (Å²) in [6, 6.07) is 0.116. The van der Waals surface area contributed by atoms with E-state index in [2.05, 4.69) is 19.2 Å². The molecule has 4 rings (SSSR count). The van der Waals surface area contributed by atoms with Crippen LogP contribution in [0.2, 0.25) is 0 Å². The Morgan fingerprint density at radius 3 is 2.68 bits per heavy atom. The summed E-state index contributed by atoms with van der Waals surface area (Å²) in [7, 11) is 0. The molecule has 7 atom stereocenters. The van der Waals surface area contributed by atoms with Crippen molar-refractivity contribution >= 4 is 17.5 Å². The smallest absolute Gasteiger partial charge is 0.220 e. The topological polar surface area (TPSA) is 89.3 Å². The molecule has 4 aliphatic carbocycles. The number of nitrogens with one attached hydrogen (secondary N) is 1. The first-order chi connectivity index (χ1) is 13.3. The zero-order valence-corrected chi connectivity index (χ0v) is 17.5. The van der Waals surface area contributed by atoms with E-state index < -0.39 is 0 Å². The third-order valence-corrected chi connectivity index (χ3v) is 9.14. The molecule has 0 heterocycles. The van der Waals surface area contributed by atoms with Crippen LogP contribution < -0.4 is 11.1 Å². The van der Waals surface area contributed by atoms with Gasteiger partial charge in [0.05, 0.1) is 0 Å². The highest BCUT2D eigenvalue weighted by atomic mass is 16.2. The van der Waals surface area contributed by atoms with Crippen LogP contribution in [-0.4, -0.2) is 30.1 Å². The number of ketones is 2. The Hall–Kier alpha value is -1.23. The standard InChI is InChI=1S/C23H36N2O3/c1-22-9-7-14(25-21(28)4-3-11-24)12-18(22)19(26)13-15-16-5-6-20(27)23(16,2)10-8-17(15)22/h14-18H,3-13,24H2,1-2H3,(H,25,28)/t14?,15-,16-,17-,18+,22+,23-/m0/s1. The van der Waals surface area contributed by atoms with Crippen LogP contribution in [0.25, 0.3) is 0 Å². The summed E-state index contributed by atoms with van der Waals surface area (Å²) >= 11 is 0. The molecule has 5 heteroatoms. The average molecular weight is 389 g/mol. The number of rotatable bonds is 4. The Morgan fingerprint density at radius 1 is 1.14 bits per heavy atom. The number of Topliss-reactive ketones (excluding diaryl/α,β-unsaturated/α-hetero) is 2. The number of hydrogen-bond donors (Lipinski definition) is 2. The van der Waals surface area contributed by atoms with Gasteiger partial charge in [0.15, 0.2) is 0 Å². The summed E-state index contributed by atoms with van der Waals surface area (Å²) in [6.45, 7) is 5.02. The monoisotopic (exact) mass is 388 g/mol. The number of nitrogens with two attached hydrogens (primary N) is 1. The van der Waals surface area contributed by atoms with Crippen LogP contribution >= 0.6 is 0 Å². The van der Waals surface area contributed by atoms with Crippen LogP contribution in [0.5, 0.6) is 0 Å². The van der Waals surface area contributed by atoms with Gasteiger partial charge in [-0.1, -0.05) is 13.8 Å². The largest absolute Gasteiger partial charge is 0.353 e. The van der Waals surface area contributed by atoms with Gasteiger partial charge in [-0.05, 0) is 74.7 Å². The summed E-state index contributed by atoms with van der Waals surface area (Å²) < 4.78 is 0. The first-order valence-electron chi connectivity index (χ1n) is 11.3. The predicted octanol–water partition coefficient (Wildman–Crippen LogP) is 3.00. The summed E-state index contributed by atoms with van der Waals surface area (Å²) in [4.78, 5) is 37.9. The Labute approximate surface area is 168 Å². The Balaban J connectivity index is 1.49. The lowest BCUT2D eigenvalue weighted by atomic mass is 9.45. The van der Waals surface area contributed by atoms with Crippen molar-refractivity contribution in [2.75, 3.05) is 6.54 Å². The van der Waals surface area contributed by atoms with Gasteiger partial charge in [-0.15, -0.1) is 0 Å². The Bertz CT molecular complexity index is 677. The molecule has 0 aromatic heterocycles. The van der Waals surface area contributed by atoms with E-state index >= 15 is 0 Å². The molecule has 156 valence electrons. The molecule has 0 aromatic rings. The van der Waals surface area contributed by atoms with Gasteiger partial charge >= 0.3 is 0 Å². The van der Waals surface area contributed by atoms with E-state index in [1.54, 1.807) is 0 Å². The lowest BCUT2D eigenvalue weighted by molar-refractivity contribution is -0.157. The minimum atomic E-state index is -0.182. The normalized spacial score (nSPS) is 45.2. The molecule has 0 aliphatic heterocycles. The molecule has 1 unspecified atom stereocenters. The first kappa shape index (κ1) is 20.1. The van der Waals surface area contributed by atoms with Gasteiger partial charge in [0.25, 0.3) is 0 Å². The van der Waals surface area contributed by atoms with E-state index in [4.69, 9.17) is 5.73 Å². The highest BCUT2D eigenvalue weighted by Gasteiger charge is 2.62. The van der Waals surface area contributed by atoms with Crippen molar-refractivity contribution in [3.05, 3.63) is 0 Å². The number of fused-ring (bicyclic) bond motifs is 5. The zero-order chi connectivity index (χ0) is 20.1. The average Bonchev–Trinajstić information content (AvgIpc) is 2.96. The van der Waals surface area contributed by atoms with E-state index in [1.807, 2.05) is 0 Å². The van der Waals surface area contributed by atoms with Gasteiger partial charge < -0.3 is 11.1 Å². The maximum absolute atomic E-state index is 13.3. The van der Waals surface area contributed by atoms with E-state index in [0.29, 0.717) is 61.5 Å². The van der Waals surface area contributed by atoms with Crippen molar-refractivity contribution in [2.45, 2.75) is 84.1 Å². The molecule has 0 radical (unpaired) electrons. The molecule has 0 bridgehead atoms. The highest BCUT2D eigenvalue weighted by molar-refractivity contribution is 5.88. The van der Waals surface area contributed by atoms with Crippen molar-refractivity contribution < 1.29 is 14.4 Å². The summed E-state index contributed by atoms with van der Waals surface area (Å²) in [5, 5.41) is 3.15. The maximum Gasteiger partial charge on any atom is 0.220 e. The van der Waals surface area contributed by atoms with Gasteiger partial charge in [0, 0.05) is 36.6 Å². The van der Waals surface area contributed by atoms with E-state index in [9.17, 15) is 14.4 Å². The van der Waals surface area contributed by atoms with E-state index in [1.165, 1.54) is 0 Å². The zero-order valence-electron chi connectivity index (χ0n) is 17.5. The molecular weight excluding hydrogens is 352 g/mol. The molecule has 5 nitrogen and oxygen atoms in total. The summed E-state index contributed by atoms with van der Waals surface area (Å²) in [5.41, 5.74) is 5.36. The van der Waals surface area contributed by atoms with Gasteiger partial charge in [0.2, 0.25) is 5.91 Å². The van der Waals surface area contributed by atoms with E-state index in [0.717, 1.165) is 38.5 Å². The van der Waals surface area contributed by atoms with Crippen LogP contribution in [0.3, 0.4) is 0 Å². The van der Waals surface area contributed by atoms with Crippen LogP contribution in [0.1, 0.15) is 78.1 Å². The van der Waals surface area contributed by atoms with Crippen molar-refractivity contribution in [1.82, 2.24) is 5.32 Å². The Kier molecular flexibility index (Phi) is 5.18. The molecule has 28 heavy (non-hydrogen) atoms. The molecule has 0 saturated heterocycles. The summed E-state index contributed by atoms with van der Waals surface area (Å²) in [5.74, 6) is 2.27. The van der Waals surface area contributed by atoms with Crippen LogP contribution in [0, 0.1) is 34.5 Å². The highest BCUT2D eigenvalue weighted by Crippen LogP contribution is 2.64. The van der Waals surface area contributed by atoms with Crippen LogP contribution in [-0.2, 0) is 14.4 Å². The molecule has 0 aromatic carbocycles. The minimum Gasteiger partial charge on any atom is -0.353 e. The van der Waals surface area contributed by atoms with Crippen molar-refractivity contribution in [3.8, 4) is 0 Å². The molecule has 4 saturated carbocycles. The molecule has 4 aliphatic rings. The van der Waals surface area contributed by atoms with Gasteiger partial charge in [0.1, 0.15) is 11.6 Å². The Morgan fingerprint density at radius 2 is 1.93 bits per heavy atom. The molecule has 0 spiro atoms. The second kappa shape index (κ2) is 7.23.